The summed E-state index contributed by atoms with van der Waals surface area (Å²) in [4.78, 5) is 3.77. The van der Waals surface area contributed by atoms with Crippen molar-refractivity contribution in [2.75, 3.05) is 17.6 Å². The number of sulfonamides is 1. The minimum absolute atomic E-state index is 0.0646. The van der Waals surface area contributed by atoms with Crippen molar-refractivity contribution in [1.82, 2.24) is 9.55 Å². The van der Waals surface area contributed by atoms with Crippen LogP contribution < -0.4 is 15.2 Å². The van der Waals surface area contributed by atoms with E-state index in [2.05, 4.69) is 41.6 Å². The van der Waals surface area contributed by atoms with Gasteiger partial charge in [0.05, 0.1) is 23.6 Å². The molecule has 0 saturated carbocycles. The van der Waals surface area contributed by atoms with Gasteiger partial charge < -0.3 is 15.0 Å². The second-order valence-electron chi connectivity index (χ2n) is 4.12. The van der Waals surface area contributed by atoms with Gasteiger partial charge in [-0.2, -0.15) is 8.42 Å². The maximum atomic E-state index is 12.4. The van der Waals surface area contributed by atoms with Crippen LogP contribution in [-0.4, -0.2) is 25.1 Å². The third-order valence-corrected chi connectivity index (χ3v) is 5.42. The van der Waals surface area contributed by atoms with E-state index in [1.54, 1.807) is 19.2 Å². The SMILES string of the molecule is COc1cc(NS(=O)(=O)c2c(N)ncn2C)c(Br)cc1Br. The number of methoxy groups -OCH3 is 1. The van der Waals surface area contributed by atoms with Crippen LogP contribution in [0.15, 0.2) is 32.4 Å². The first kappa shape index (κ1) is 16.1. The predicted octanol–water partition coefficient (Wildman–Crippen LogP) is 2.34. The summed E-state index contributed by atoms with van der Waals surface area (Å²) < 4.78 is 35.0. The fourth-order valence-corrected chi connectivity index (χ4v) is 4.42. The van der Waals surface area contributed by atoms with Gasteiger partial charge in [0.25, 0.3) is 10.0 Å². The van der Waals surface area contributed by atoms with E-state index in [9.17, 15) is 8.42 Å². The molecule has 0 bridgehead atoms. The van der Waals surface area contributed by atoms with Crippen molar-refractivity contribution in [3.63, 3.8) is 0 Å². The third kappa shape index (κ3) is 3.16. The van der Waals surface area contributed by atoms with Gasteiger partial charge in [-0.3, -0.25) is 4.72 Å². The van der Waals surface area contributed by atoms with E-state index in [-0.39, 0.29) is 10.8 Å². The zero-order valence-electron chi connectivity index (χ0n) is 11.1. The molecule has 114 valence electrons. The van der Waals surface area contributed by atoms with Crippen molar-refractivity contribution in [2.45, 2.75) is 5.03 Å². The van der Waals surface area contributed by atoms with E-state index in [4.69, 9.17) is 10.5 Å². The van der Waals surface area contributed by atoms with Crippen LogP contribution >= 0.6 is 31.9 Å². The van der Waals surface area contributed by atoms with Crippen LogP contribution in [0.2, 0.25) is 0 Å². The number of rotatable bonds is 4. The molecule has 0 spiro atoms. The molecule has 0 aliphatic rings. The first-order valence-corrected chi connectivity index (χ1v) is 8.66. The maximum Gasteiger partial charge on any atom is 0.281 e. The Bertz CT molecular complexity index is 770. The number of anilines is 2. The Hall–Kier alpha value is -1.26. The van der Waals surface area contributed by atoms with Crippen molar-refractivity contribution in [3.05, 3.63) is 27.4 Å². The Labute approximate surface area is 138 Å². The highest BCUT2D eigenvalue weighted by atomic mass is 79.9. The van der Waals surface area contributed by atoms with Crippen LogP contribution in [0.5, 0.6) is 5.75 Å². The topological polar surface area (TPSA) is 99.2 Å². The lowest BCUT2D eigenvalue weighted by Gasteiger charge is -2.13. The summed E-state index contributed by atoms with van der Waals surface area (Å²) in [7, 11) is -0.825. The lowest BCUT2D eigenvalue weighted by atomic mass is 10.3. The maximum absolute atomic E-state index is 12.4. The molecule has 3 N–H and O–H groups in total. The lowest BCUT2D eigenvalue weighted by Crippen LogP contribution is -2.18. The monoisotopic (exact) mass is 438 g/mol. The number of hydrogen-bond donors (Lipinski definition) is 2. The summed E-state index contributed by atoms with van der Waals surface area (Å²) in [5.74, 6) is 0.430. The molecule has 0 aliphatic heterocycles. The van der Waals surface area contributed by atoms with Gasteiger partial charge in [0.2, 0.25) is 0 Å². The van der Waals surface area contributed by atoms with Crippen LogP contribution in [0.1, 0.15) is 0 Å². The second-order valence-corrected chi connectivity index (χ2v) is 7.42. The summed E-state index contributed by atoms with van der Waals surface area (Å²) in [6, 6.07) is 3.24. The Balaban J connectivity index is 2.47. The molecule has 21 heavy (non-hydrogen) atoms. The Morgan fingerprint density at radius 3 is 2.52 bits per heavy atom. The number of aromatic nitrogens is 2. The van der Waals surface area contributed by atoms with Crippen molar-refractivity contribution in [3.8, 4) is 5.75 Å². The molecule has 0 aliphatic carbocycles. The van der Waals surface area contributed by atoms with Gasteiger partial charge >= 0.3 is 0 Å². The van der Waals surface area contributed by atoms with Crippen molar-refractivity contribution >= 4 is 53.4 Å². The highest BCUT2D eigenvalue weighted by molar-refractivity contribution is 9.11. The number of ether oxygens (including phenoxy) is 1. The molecule has 0 atom stereocenters. The Morgan fingerprint density at radius 2 is 2.00 bits per heavy atom. The molecule has 0 radical (unpaired) electrons. The molecule has 1 aromatic heterocycles. The van der Waals surface area contributed by atoms with Crippen molar-refractivity contribution < 1.29 is 13.2 Å². The normalized spacial score (nSPS) is 11.4. The number of aryl methyl sites for hydroxylation is 1. The van der Waals surface area contributed by atoms with E-state index >= 15 is 0 Å². The Kier molecular flexibility index (Phi) is 4.49. The van der Waals surface area contributed by atoms with Gasteiger partial charge in [-0.25, -0.2) is 4.98 Å². The molecule has 2 rings (SSSR count). The molecular weight excluding hydrogens is 428 g/mol. The van der Waals surface area contributed by atoms with Crippen LogP contribution in [0.3, 0.4) is 0 Å². The average molecular weight is 440 g/mol. The smallest absolute Gasteiger partial charge is 0.281 e. The van der Waals surface area contributed by atoms with Gasteiger partial charge in [-0.15, -0.1) is 0 Å². The van der Waals surface area contributed by atoms with Crippen LogP contribution in [0, 0.1) is 0 Å². The van der Waals surface area contributed by atoms with Crippen molar-refractivity contribution in [2.24, 2.45) is 7.05 Å². The van der Waals surface area contributed by atoms with E-state index in [1.165, 1.54) is 18.0 Å². The minimum atomic E-state index is -3.87. The summed E-state index contributed by atoms with van der Waals surface area (Å²) in [6.07, 6.45) is 1.33. The van der Waals surface area contributed by atoms with Crippen LogP contribution in [-0.2, 0) is 17.1 Å². The van der Waals surface area contributed by atoms with Crippen molar-refractivity contribution in [1.29, 1.82) is 0 Å². The zero-order chi connectivity index (χ0) is 15.8. The summed E-state index contributed by atoms with van der Waals surface area (Å²) in [5.41, 5.74) is 5.93. The van der Waals surface area contributed by atoms with Gasteiger partial charge in [0.1, 0.15) is 5.75 Å². The van der Waals surface area contributed by atoms with E-state index in [0.29, 0.717) is 20.4 Å². The number of nitrogen functional groups attached to an aromatic ring is 1. The fourth-order valence-electron chi connectivity index (χ4n) is 1.72. The quantitative estimate of drug-likeness (QED) is 0.761. The van der Waals surface area contributed by atoms with Crippen LogP contribution in [0.25, 0.3) is 0 Å². The number of imidazole rings is 1. The molecule has 1 heterocycles. The fraction of sp³-hybridized carbons (Fsp3) is 0.182. The highest BCUT2D eigenvalue weighted by Gasteiger charge is 2.23. The van der Waals surface area contributed by atoms with Gasteiger partial charge in [-0.1, -0.05) is 0 Å². The minimum Gasteiger partial charge on any atom is -0.495 e. The lowest BCUT2D eigenvalue weighted by molar-refractivity contribution is 0.412. The molecule has 1 aromatic carbocycles. The second kappa shape index (κ2) is 5.85. The van der Waals surface area contributed by atoms with E-state index in [1.807, 2.05) is 0 Å². The van der Waals surface area contributed by atoms with E-state index < -0.39 is 10.0 Å². The van der Waals surface area contributed by atoms with E-state index in [0.717, 1.165) is 0 Å². The Morgan fingerprint density at radius 1 is 1.33 bits per heavy atom. The number of nitrogens with two attached hydrogens (primary N) is 1. The largest absolute Gasteiger partial charge is 0.495 e. The molecule has 0 amide bonds. The summed E-state index contributed by atoms with van der Waals surface area (Å²) in [6.45, 7) is 0. The van der Waals surface area contributed by atoms with Gasteiger partial charge in [-0.05, 0) is 37.9 Å². The number of hydrogen-bond acceptors (Lipinski definition) is 5. The van der Waals surface area contributed by atoms with Gasteiger partial charge in [0, 0.05) is 17.6 Å². The number of benzene rings is 1. The zero-order valence-corrected chi connectivity index (χ0v) is 15.1. The first-order chi connectivity index (χ1) is 9.76. The molecular formula is C11H12Br2N4O3S. The predicted molar refractivity (Wildman–Crippen MR) is 86.8 cm³/mol. The molecule has 10 heteroatoms. The summed E-state index contributed by atoms with van der Waals surface area (Å²) >= 11 is 6.61. The third-order valence-electron chi connectivity index (χ3n) is 2.65. The standard InChI is InChI=1S/C11H12Br2N4O3S/c1-17-5-15-10(14)11(17)21(18,19)16-8-4-9(20-2)7(13)3-6(8)12/h3-5,16H,14H2,1-2H3. The average Bonchev–Trinajstić information content (AvgIpc) is 2.73. The molecule has 0 fully saturated rings. The number of nitrogens with zero attached hydrogens (tertiary/aromatic N) is 2. The molecule has 0 saturated heterocycles. The molecule has 0 unspecified atom stereocenters. The molecule has 2 aromatic rings. The number of halogens is 2. The van der Waals surface area contributed by atoms with Crippen LogP contribution in [0.4, 0.5) is 11.5 Å². The summed E-state index contributed by atoms with van der Waals surface area (Å²) in [5, 5.41) is -0.101. The number of nitrogens with one attached hydrogen (secondary N) is 1. The highest BCUT2D eigenvalue weighted by Crippen LogP contribution is 2.35. The van der Waals surface area contributed by atoms with Gasteiger partial charge in [0.15, 0.2) is 10.8 Å². The first-order valence-electron chi connectivity index (χ1n) is 5.59. The molecule has 7 nitrogen and oxygen atoms in total.